The summed E-state index contributed by atoms with van der Waals surface area (Å²) in [5, 5.41) is 6.38. The summed E-state index contributed by atoms with van der Waals surface area (Å²) in [7, 11) is 0. The van der Waals surface area contributed by atoms with Crippen molar-refractivity contribution in [2.75, 3.05) is 4.90 Å². The van der Waals surface area contributed by atoms with Crippen molar-refractivity contribution in [1.29, 1.82) is 0 Å². The summed E-state index contributed by atoms with van der Waals surface area (Å²) in [6.07, 6.45) is 1.89. The van der Waals surface area contributed by atoms with Gasteiger partial charge in [0, 0.05) is 23.0 Å². The van der Waals surface area contributed by atoms with Gasteiger partial charge in [0.05, 0.1) is 11.2 Å². The lowest BCUT2D eigenvalue weighted by atomic mass is 9.94. The fourth-order valence-corrected chi connectivity index (χ4v) is 9.40. The first-order chi connectivity index (χ1) is 27.3. The fraction of sp³-hybridized carbons (Fsp3) is 0. The van der Waals surface area contributed by atoms with Gasteiger partial charge >= 0.3 is 0 Å². The van der Waals surface area contributed by atoms with Gasteiger partial charge in [-0.2, -0.15) is 0 Å². The molecule has 1 aromatic heterocycles. The third-order valence-electron chi connectivity index (χ3n) is 11.8. The fourth-order valence-electron chi connectivity index (χ4n) is 9.40. The molecule has 2 aliphatic carbocycles. The number of pyridine rings is 1. The van der Waals surface area contributed by atoms with Crippen LogP contribution in [0.15, 0.2) is 194 Å². The summed E-state index contributed by atoms with van der Waals surface area (Å²) in [4.78, 5) is 7.23. The van der Waals surface area contributed by atoms with Gasteiger partial charge in [0.1, 0.15) is 0 Å². The third kappa shape index (κ3) is 4.40. The molecule has 10 aromatic rings. The SMILES string of the molecule is c1ccc2c(c1)-c1cccc3c(-c4ccc(N(c5ccc(-c6ccc7c8c(cccc68)-c6ccccc6-7)cc5)c5cccc6cccnc56)cc4)ccc-2c13. The Morgan fingerprint density at radius 3 is 1.24 bits per heavy atom. The van der Waals surface area contributed by atoms with Gasteiger partial charge in [-0.3, -0.25) is 4.98 Å². The molecule has 0 atom stereocenters. The van der Waals surface area contributed by atoms with Crippen LogP contribution in [0.1, 0.15) is 0 Å². The topological polar surface area (TPSA) is 16.1 Å². The van der Waals surface area contributed by atoms with E-state index in [1.807, 2.05) is 12.3 Å². The zero-order valence-corrected chi connectivity index (χ0v) is 29.9. The van der Waals surface area contributed by atoms with Crippen LogP contribution in [0.5, 0.6) is 0 Å². The molecule has 9 aromatic carbocycles. The number of hydrogen-bond acceptors (Lipinski definition) is 2. The predicted octanol–water partition coefficient (Wildman–Crippen LogP) is 14.6. The Bertz CT molecular complexity index is 2950. The van der Waals surface area contributed by atoms with Crippen LogP contribution in [-0.4, -0.2) is 4.98 Å². The van der Waals surface area contributed by atoms with E-state index in [4.69, 9.17) is 4.98 Å². The van der Waals surface area contributed by atoms with Crippen LogP contribution in [0.3, 0.4) is 0 Å². The van der Waals surface area contributed by atoms with Crippen molar-refractivity contribution < 1.29 is 0 Å². The van der Waals surface area contributed by atoms with Gasteiger partial charge in [-0.1, -0.05) is 152 Å². The molecule has 55 heavy (non-hydrogen) atoms. The van der Waals surface area contributed by atoms with Gasteiger partial charge in [0.2, 0.25) is 0 Å². The van der Waals surface area contributed by atoms with Crippen LogP contribution in [0.2, 0.25) is 0 Å². The molecule has 12 rings (SSSR count). The Morgan fingerprint density at radius 1 is 0.309 bits per heavy atom. The van der Waals surface area contributed by atoms with Crippen molar-refractivity contribution in [3.05, 3.63) is 194 Å². The average Bonchev–Trinajstić information content (AvgIpc) is 3.76. The molecule has 1 heterocycles. The van der Waals surface area contributed by atoms with E-state index < -0.39 is 0 Å². The molecule has 0 fully saturated rings. The predicted molar refractivity (Wildman–Crippen MR) is 231 cm³/mol. The molecular weight excluding hydrogens is 665 g/mol. The van der Waals surface area contributed by atoms with E-state index in [9.17, 15) is 0 Å². The Kier molecular flexibility index (Phi) is 6.37. The van der Waals surface area contributed by atoms with E-state index in [1.54, 1.807) is 0 Å². The van der Waals surface area contributed by atoms with Crippen molar-refractivity contribution in [3.8, 4) is 66.8 Å². The number of benzene rings is 9. The summed E-state index contributed by atoms with van der Waals surface area (Å²) in [6.45, 7) is 0. The minimum atomic E-state index is 0.970. The largest absolute Gasteiger partial charge is 0.308 e. The lowest BCUT2D eigenvalue weighted by molar-refractivity contribution is 1.28. The molecule has 254 valence electrons. The molecule has 0 spiro atoms. The Hall–Kier alpha value is -7.29. The molecule has 0 aliphatic heterocycles. The summed E-state index contributed by atoms with van der Waals surface area (Å²) in [5.74, 6) is 0. The number of aromatic nitrogens is 1. The van der Waals surface area contributed by atoms with Crippen molar-refractivity contribution in [2.24, 2.45) is 0 Å². The molecule has 2 nitrogen and oxygen atoms in total. The van der Waals surface area contributed by atoms with E-state index in [1.165, 1.54) is 88.3 Å². The standard InChI is InChI=1S/C53H32N2/c1-3-13-42-40(11-1)46-17-6-15-44-38(28-30-48(42)51(44)46)33-20-24-36(25-21-33)55(50-19-5-9-35-10-8-32-54-53(35)50)37-26-22-34(23-27-37)39-29-31-49-43-14-4-2-12-41(43)47-18-7-16-45(39)52(47)49/h1-32H. The third-order valence-corrected chi connectivity index (χ3v) is 11.8. The Labute approximate surface area is 319 Å². The summed E-state index contributed by atoms with van der Waals surface area (Å²) in [5.41, 5.74) is 19.6. The summed E-state index contributed by atoms with van der Waals surface area (Å²) >= 11 is 0. The lowest BCUT2D eigenvalue weighted by Gasteiger charge is -2.27. The van der Waals surface area contributed by atoms with Crippen LogP contribution in [-0.2, 0) is 0 Å². The molecule has 0 radical (unpaired) electrons. The van der Waals surface area contributed by atoms with Crippen LogP contribution in [0, 0.1) is 0 Å². The minimum absolute atomic E-state index is 0.970. The molecule has 0 unspecified atom stereocenters. The number of fused-ring (bicyclic) bond motifs is 7. The highest BCUT2D eigenvalue weighted by molar-refractivity contribution is 6.20. The van der Waals surface area contributed by atoms with Crippen LogP contribution in [0.25, 0.3) is 99.2 Å². The van der Waals surface area contributed by atoms with E-state index in [0.717, 1.165) is 28.0 Å². The maximum atomic E-state index is 4.89. The van der Waals surface area contributed by atoms with Gasteiger partial charge in [-0.05, 0) is 125 Å². The number of nitrogens with zero attached hydrogens (tertiary/aromatic N) is 2. The highest BCUT2D eigenvalue weighted by Crippen LogP contribution is 2.51. The smallest absolute Gasteiger partial charge is 0.0942 e. The second-order valence-electron chi connectivity index (χ2n) is 14.7. The molecule has 0 N–H and O–H groups in total. The Morgan fingerprint density at radius 2 is 0.727 bits per heavy atom. The normalized spacial score (nSPS) is 12.0. The van der Waals surface area contributed by atoms with Gasteiger partial charge in [0.15, 0.2) is 0 Å². The quantitative estimate of drug-likeness (QED) is 0.178. The van der Waals surface area contributed by atoms with Gasteiger partial charge < -0.3 is 4.90 Å². The molecule has 0 saturated heterocycles. The van der Waals surface area contributed by atoms with Crippen LogP contribution >= 0.6 is 0 Å². The van der Waals surface area contributed by atoms with E-state index in [2.05, 4.69) is 187 Å². The maximum absolute atomic E-state index is 4.89. The molecular formula is C53H32N2. The molecule has 2 aliphatic rings. The van der Waals surface area contributed by atoms with Gasteiger partial charge in [0.25, 0.3) is 0 Å². The van der Waals surface area contributed by atoms with Gasteiger partial charge in [-0.25, -0.2) is 0 Å². The number of para-hydroxylation sites is 1. The first-order valence-corrected chi connectivity index (χ1v) is 19.0. The summed E-state index contributed by atoms with van der Waals surface area (Å²) in [6, 6.07) is 68.9. The van der Waals surface area contributed by atoms with Crippen molar-refractivity contribution in [2.45, 2.75) is 0 Å². The van der Waals surface area contributed by atoms with Crippen molar-refractivity contribution in [3.63, 3.8) is 0 Å². The highest BCUT2D eigenvalue weighted by Gasteiger charge is 2.24. The number of hydrogen-bond donors (Lipinski definition) is 0. The molecule has 0 amide bonds. The van der Waals surface area contributed by atoms with E-state index >= 15 is 0 Å². The second kappa shape index (κ2) is 11.6. The Balaban J connectivity index is 0.969. The maximum Gasteiger partial charge on any atom is 0.0942 e. The first-order valence-electron chi connectivity index (χ1n) is 19.0. The second-order valence-corrected chi connectivity index (χ2v) is 14.7. The molecule has 0 bridgehead atoms. The van der Waals surface area contributed by atoms with Gasteiger partial charge in [-0.15, -0.1) is 0 Å². The monoisotopic (exact) mass is 696 g/mol. The molecule has 2 heteroatoms. The van der Waals surface area contributed by atoms with Crippen molar-refractivity contribution in [1.82, 2.24) is 4.98 Å². The average molecular weight is 697 g/mol. The van der Waals surface area contributed by atoms with E-state index in [-0.39, 0.29) is 0 Å². The zero-order valence-electron chi connectivity index (χ0n) is 29.9. The summed E-state index contributed by atoms with van der Waals surface area (Å²) < 4.78 is 0. The lowest BCUT2D eigenvalue weighted by Crippen LogP contribution is -2.10. The van der Waals surface area contributed by atoms with Crippen molar-refractivity contribution >= 4 is 49.5 Å². The van der Waals surface area contributed by atoms with Crippen LogP contribution < -0.4 is 4.90 Å². The highest BCUT2D eigenvalue weighted by atomic mass is 15.1. The number of rotatable bonds is 5. The number of anilines is 3. The van der Waals surface area contributed by atoms with Crippen LogP contribution in [0.4, 0.5) is 17.1 Å². The zero-order chi connectivity index (χ0) is 36.0. The molecule has 0 saturated carbocycles. The first kappa shape index (κ1) is 30.2. The minimum Gasteiger partial charge on any atom is -0.308 e. The van der Waals surface area contributed by atoms with E-state index in [0.29, 0.717) is 0 Å².